The van der Waals surface area contributed by atoms with Gasteiger partial charge in [0.05, 0.1) is 5.69 Å². The molecule has 0 saturated carbocycles. The first-order valence-corrected chi connectivity index (χ1v) is 9.99. The number of hydrogen-bond acceptors (Lipinski definition) is 7. The van der Waals surface area contributed by atoms with E-state index in [1.165, 1.54) is 0 Å². The summed E-state index contributed by atoms with van der Waals surface area (Å²) >= 11 is 1.60. The van der Waals surface area contributed by atoms with Crippen LogP contribution in [0.1, 0.15) is 42.7 Å². The molecule has 3 aromatic rings. The summed E-state index contributed by atoms with van der Waals surface area (Å²) in [5.74, 6) is 1.74. The Hall–Kier alpha value is -2.61. The molecule has 0 bridgehead atoms. The highest BCUT2D eigenvalue weighted by Gasteiger charge is 2.26. The number of carbonyl (C=O) groups is 1. The van der Waals surface area contributed by atoms with Gasteiger partial charge in [-0.3, -0.25) is 9.78 Å². The fourth-order valence-electron chi connectivity index (χ4n) is 3.29. The molecule has 4 rings (SSSR count). The maximum absolute atomic E-state index is 12.5. The van der Waals surface area contributed by atoms with E-state index in [0.717, 1.165) is 42.2 Å². The van der Waals surface area contributed by atoms with Crippen LogP contribution in [0.15, 0.2) is 34.3 Å². The monoisotopic (exact) mass is 383 g/mol. The van der Waals surface area contributed by atoms with E-state index in [-0.39, 0.29) is 11.8 Å². The smallest absolute Gasteiger partial charge is 0.222 e. The first-order chi connectivity index (χ1) is 13.2. The van der Waals surface area contributed by atoms with Gasteiger partial charge >= 0.3 is 0 Å². The summed E-state index contributed by atoms with van der Waals surface area (Å²) in [7, 11) is 0. The molecule has 0 unspecified atom stereocenters. The minimum absolute atomic E-state index is 0.189. The van der Waals surface area contributed by atoms with Crippen LogP contribution in [0.3, 0.4) is 0 Å². The quantitative estimate of drug-likeness (QED) is 0.672. The fourth-order valence-corrected chi connectivity index (χ4v) is 4.16. The van der Waals surface area contributed by atoms with Crippen molar-refractivity contribution < 1.29 is 9.21 Å². The summed E-state index contributed by atoms with van der Waals surface area (Å²) in [6.07, 6.45) is 6.43. The maximum atomic E-state index is 12.5. The molecule has 1 aliphatic rings. The van der Waals surface area contributed by atoms with Crippen molar-refractivity contribution >= 4 is 17.2 Å². The number of hydrogen-bond donors (Lipinski definition) is 0. The summed E-state index contributed by atoms with van der Waals surface area (Å²) in [5, 5.41) is 11.0. The summed E-state index contributed by atoms with van der Waals surface area (Å²) in [6.45, 7) is 3.28. The van der Waals surface area contributed by atoms with Gasteiger partial charge in [0.15, 0.2) is 0 Å². The first-order valence-electron chi connectivity index (χ1n) is 9.11. The predicted molar refractivity (Wildman–Crippen MR) is 101 cm³/mol. The number of piperidine rings is 1. The van der Waals surface area contributed by atoms with Crippen LogP contribution in [-0.4, -0.2) is 44.1 Å². The van der Waals surface area contributed by atoms with Crippen molar-refractivity contribution in [1.82, 2.24) is 25.1 Å². The summed E-state index contributed by atoms with van der Waals surface area (Å²) < 4.78 is 5.53. The molecule has 1 fully saturated rings. The molecule has 0 aliphatic carbocycles. The van der Waals surface area contributed by atoms with Gasteiger partial charge in [-0.2, -0.15) is 0 Å². The Morgan fingerprint density at radius 3 is 2.74 bits per heavy atom. The first kappa shape index (κ1) is 17.8. The SMILES string of the molecule is Cc1nnc(C2CCN(C(=O)CCc3csc(-c4ccncc4)n3)CC2)o1. The van der Waals surface area contributed by atoms with E-state index in [9.17, 15) is 4.79 Å². The molecule has 0 atom stereocenters. The van der Waals surface area contributed by atoms with Crippen LogP contribution in [0.5, 0.6) is 0 Å². The van der Waals surface area contributed by atoms with Crippen LogP contribution < -0.4 is 0 Å². The Morgan fingerprint density at radius 2 is 2.04 bits per heavy atom. The second-order valence-corrected chi connectivity index (χ2v) is 7.55. The topological polar surface area (TPSA) is 85.0 Å². The van der Waals surface area contributed by atoms with Crippen LogP contribution in [0.25, 0.3) is 10.6 Å². The Kier molecular flexibility index (Phi) is 5.24. The lowest BCUT2D eigenvalue weighted by atomic mass is 9.96. The van der Waals surface area contributed by atoms with Gasteiger partial charge in [0.1, 0.15) is 5.01 Å². The summed E-state index contributed by atoms with van der Waals surface area (Å²) in [5.41, 5.74) is 2.03. The third-order valence-corrected chi connectivity index (χ3v) is 5.75. The van der Waals surface area contributed by atoms with E-state index in [0.29, 0.717) is 24.6 Å². The minimum atomic E-state index is 0.189. The van der Waals surface area contributed by atoms with E-state index in [2.05, 4.69) is 20.2 Å². The number of likely N-dealkylation sites (tertiary alicyclic amines) is 1. The van der Waals surface area contributed by atoms with Gasteiger partial charge in [0, 0.05) is 55.7 Å². The molecule has 8 heteroatoms. The second-order valence-electron chi connectivity index (χ2n) is 6.69. The van der Waals surface area contributed by atoms with E-state index < -0.39 is 0 Å². The number of nitrogens with zero attached hydrogens (tertiary/aromatic N) is 5. The van der Waals surface area contributed by atoms with Crippen LogP contribution in [0, 0.1) is 6.92 Å². The number of rotatable bonds is 5. The van der Waals surface area contributed by atoms with Crippen molar-refractivity contribution in [1.29, 1.82) is 0 Å². The average molecular weight is 383 g/mol. The lowest BCUT2D eigenvalue weighted by Crippen LogP contribution is -2.38. The van der Waals surface area contributed by atoms with Crippen molar-refractivity contribution in [3.8, 4) is 10.6 Å². The summed E-state index contributed by atoms with van der Waals surface area (Å²) in [4.78, 5) is 23.1. The molecule has 140 valence electrons. The van der Waals surface area contributed by atoms with Gasteiger partial charge in [0.2, 0.25) is 17.7 Å². The highest BCUT2D eigenvalue weighted by molar-refractivity contribution is 7.13. The van der Waals surface area contributed by atoms with E-state index in [4.69, 9.17) is 4.42 Å². The van der Waals surface area contributed by atoms with Crippen molar-refractivity contribution in [3.05, 3.63) is 47.4 Å². The molecule has 0 aromatic carbocycles. The minimum Gasteiger partial charge on any atom is -0.425 e. The van der Waals surface area contributed by atoms with Crippen molar-refractivity contribution in [2.75, 3.05) is 13.1 Å². The van der Waals surface area contributed by atoms with Gasteiger partial charge < -0.3 is 9.32 Å². The lowest BCUT2D eigenvalue weighted by Gasteiger charge is -2.30. The number of aromatic nitrogens is 4. The van der Waals surface area contributed by atoms with Gasteiger partial charge in [-0.1, -0.05) is 0 Å². The Labute approximate surface area is 161 Å². The Morgan fingerprint density at radius 1 is 1.26 bits per heavy atom. The average Bonchev–Trinajstić information content (AvgIpc) is 3.36. The number of thiazole rings is 1. The molecule has 1 aliphatic heterocycles. The Bertz CT molecular complexity index is 900. The van der Waals surface area contributed by atoms with E-state index >= 15 is 0 Å². The zero-order chi connectivity index (χ0) is 18.6. The van der Waals surface area contributed by atoms with E-state index in [1.54, 1.807) is 30.7 Å². The third kappa shape index (κ3) is 4.21. The van der Waals surface area contributed by atoms with Gasteiger partial charge in [-0.25, -0.2) is 4.98 Å². The molecule has 1 saturated heterocycles. The number of aryl methyl sites for hydroxylation is 2. The molecule has 0 N–H and O–H groups in total. The van der Waals surface area contributed by atoms with Crippen molar-refractivity contribution in [2.24, 2.45) is 0 Å². The maximum Gasteiger partial charge on any atom is 0.222 e. The highest BCUT2D eigenvalue weighted by atomic mass is 32.1. The zero-order valence-electron chi connectivity index (χ0n) is 15.2. The molecule has 1 amide bonds. The summed E-state index contributed by atoms with van der Waals surface area (Å²) in [6, 6.07) is 3.89. The Balaban J connectivity index is 1.27. The van der Waals surface area contributed by atoms with Crippen LogP contribution in [0.4, 0.5) is 0 Å². The van der Waals surface area contributed by atoms with Crippen LogP contribution >= 0.6 is 11.3 Å². The molecule has 0 spiro atoms. The molecule has 3 aromatic heterocycles. The number of carbonyl (C=O) groups excluding carboxylic acids is 1. The second kappa shape index (κ2) is 7.96. The van der Waals surface area contributed by atoms with Gasteiger partial charge in [-0.15, -0.1) is 21.5 Å². The van der Waals surface area contributed by atoms with E-state index in [1.807, 2.05) is 22.4 Å². The molecule has 0 radical (unpaired) electrons. The van der Waals surface area contributed by atoms with Gasteiger partial charge in [-0.05, 0) is 31.4 Å². The molecular weight excluding hydrogens is 362 g/mol. The molecule has 7 nitrogen and oxygen atoms in total. The lowest BCUT2D eigenvalue weighted by molar-refractivity contribution is -0.132. The standard InChI is InChI=1S/C19H21N5O2S/c1-13-22-23-18(26-13)14-6-10-24(11-7-14)17(25)3-2-16-12-27-19(21-16)15-4-8-20-9-5-15/h4-5,8-9,12,14H,2-3,6-7,10-11H2,1H3. The number of amides is 1. The van der Waals surface area contributed by atoms with Crippen LogP contribution in [0.2, 0.25) is 0 Å². The predicted octanol–water partition coefficient (Wildman–Crippen LogP) is 3.24. The van der Waals surface area contributed by atoms with Crippen molar-refractivity contribution in [3.63, 3.8) is 0 Å². The van der Waals surface area contributed by atoms with Crippen LogP contribution in [-0.2, 0) is 11.2 Å². The van der Waals surface area contributed by atoms with Crippen molar-refractivity contribution in [2.45, 2.75) is 38.5 Å². The molecule has 4 heterocycles. The fraction of sp³-hybridized carbons (Fsp3) is 0.421. The molecular formula is C19H21N5O2S. The third-order valence-electron chi connectivity index (χ3n) is 4.81. The normalized spacial score (nSPS) is 15.2. The zero-order valence-corrected chi connectivity index (χ0v) is 16.0. The molecule has 27 heavy (non-hydrogen) atoms. The highest BCUT2D eigenvalue weighted by Crippen LogP contribution is 2.28. The largest absolute Gasteiger partial charge is 0.425 e. The van der Waals surface area contributed by atoms with Gasteiger partial charge in [0.25, 0.3) is 0 Å². The number of pyridine rings is 1.